The fraction of sp³-hybridized carbons (Fsp3) is 1.00. The van der Waals surface area contributed by atoms with E-state index in [9.17, 15) is 51.1 Å². The molecule has 188 valence electrons. The molecule has 0 aromatic rings. The minimum Gasteiger partial charge on any atom is -0.394 e. The molecule has 15 nitrogen and oxygen atoms in total. The standard InChI is InChI=1S/C17H30O15/c18-1-5-7(20)9(22)11(24)16(30-5)29-3-6-8(21)10(23)12(25)17(31-6)32-14-4(19)2-28-15(27)13(14)26/h4-27H,1-3H2/t4-,5+,6+,7-,8-,9+,10+,11+,12+,13-,14+,15+,16+,17-/m0/s1. The zero-order valence-electron chi connectivity index (χ0n) is 16.7. The van der Waals surface area contributed by atoms with Crippen molar-refractivity contribution in [2.75, 3.05) is 19.8 Å². The van der Waals surface area contributed by atoms with Gasteiger partial charge in [-0.1, -0.05) is 0 Å². The second-order valence-electron chi connectivity index (χ2n) is 7.93. The van der Waals surface area contributed by atoms with E-state index < -0.39 is 99.2 Å². The fourth-order valence-electron chi connectivity index (χ4n) is 3.67. The molecule has 32 heavy (non-hydrogen) atoms. The van der Waals surface area contributed by atoms with Crippen molar-refractivity contribution < 1.29 is 74.7 Å². The minimum absolute atomic E-state index is 0.388. The summed E-state index contributed by atoms with van der Waals surface area (Å²) in [7, 11) is 0. The van der Waals surface area contributed by atoms with Crippen LogP contribution >= 0.6 is 0 Å². The Bertz CT molecular complexity index is 594. The largest absolute Gasteiger partial charge is 0.394 e. The Morgan fingerprint density at radius 2 is 1.22 bits per heavy atom. The molecule has 3 saturated heterocycles. The Hall–Kier alpha value is -0.600. The van der Waals surface area contributed by atoms with Crippen molar-refractivity contribution in [3.8, 4) is 0 Å². The van der Waals surface area contributed by atoms with Crippen molar-refractivity contribution in [1.29, 1.82) is 0 Å². The first kappa shape index (κ1) is 26.0. The first-order valence-corrected chi connectivity index (χ1v) is 9.99. The van der Waals surface area contributed by atoms with Crippen LogP contribution < -0.4 is 0 Å². The maximum atomic E-state index is 10.2. The number of ether oxygens (including phenoxy) is 5. The van der Waals surface area contributed by atoms with E-state index in [-0.39, 0.29) is 6.61 Å². The van der Waals surface area contributed by atoms with Crippen LogP contribution in [0.4, 0.5) is 0 Å². The second-order valence-corrected chi connectivity index (χ2v) is 7.93. The van der Waals surface area contributed by atoms with E-state index >= 15 is 0 Å². The van der Waals surface area contributed by atoms with Crippen molar-refractivity contribution >= 4 is 0 Å². The topological polar surface area (TPSA) is 248 Å². The molecular formula is C17H30O15. The SMILES string of the molecule is OC[C@H]1O[C@@H](OC[C@H]2O[C@@H](O[C@H]3[C@H](O)[C@H](O)OC[C@@H]3O)[C@H](O)[C@H](O)[C@H]2O)[C@H](O)[C@H](O)[C@H]1O. The summed E-state index contributed by atoms with van der Waals surface area (Å²) >= 11 is 0. The summed E-state index contributed by atoms with van der Waals surface area (Å²) in [5, 5.41) is 98.8. The normalized spacial score (nSPS) is 52.7. The number of aliphatic hydroxyl groups excluding tert-OH is 10. The van der Waals surface area contributed by atoms with Gasteiger partial charge in [0.05, 0.1) is 19.8 Å². The first-order chi connectivity index (χ1) is 15.1. The highest BCUT2D eigenvalue weighted by Crippen LogP contribution is 2.28. The molecule has 10 N–H and O–H groups in total. The number of hydrogen-bond acceptors (Lipinski definition) is 15. The van der Waals surface area contributed by atoms with Crippen molar-refractivity contribution in [3.05, 3.63) is 0 Å². The summed E-state index contributed by atoms with van der Waals surface area (Å²) in [6, 6.07) is 0. The molecule has 3 aliphatic rings. The van der Waals surface area contributed by atoms with E-state index in [0.29, 0.717) is 0 Å². The lowest BCUT2D eigenvalue weighted by Crippen LogP contribution is -2.63. The molecule has 0 amide bonds. The van der Waals surface area contributed by atoms with Gasteiger partial charge in [0.1, 0.15) is 67.1 Å². The van der Waals surface area contributed by atoms with Gasteiger partial charge in [-0.05, 0) is 0 Å². The summed E-state index contributed by atoms with van der Waals surface area (Å²) in [6.07, 6.45) is -22.4. The molecule has 15 heteroatoms. The molecule has 0 bridgehead atoms. The van der Waals surface area contributed by atoms with Crippen LogP contribution in [0.2, 0.25) is 0 Å². The quantitative estimate of drug-likeness (QED) is 0.172. The minimum atomic E-state index is -1.81. The van der Waals surface area contributed by atoms with Gasteiger partial charge in [0.25, 0.3) is 0 Å². The summed E-state index contributed by atoms with van der Waals surface area (Å²) < 4.78 is 25.9. The average Bonchev–Trinajstić information content (AvgIpc) is 2.78. The molecule has 0 saturated carbocycles. The van der Waals surface area contributed by atoms with Gasteiger partial charge in [-0.15, -0.1) is 0 Å². The van der Waals surface area contributed by atoms with Crippen molar-refractivity contribution in [2.24, 2.45) is 0 Å². The molecular weight excluding hydrogens is 444 g/mol. The second kappa shape index (κ2) is 10.8. The Kier molecular flexibility index (Phi) is 8.75. The van der Waals surface area contributed by atoms with Crippen LogP contribution in [0.3, 0.4) is 0 Å². The number of hydrogen-bond donors (Lipinski definition) is 10. The Morgan fingerprint density at radius 3 is 1.84 bits per heavy atom. The van der Waals surface area contributed by atoms with E-state index in [1.54, 1.807) is 0 Å². The highest BCUT2D eigenvalue weighted by atomic mass is 16.7. The fourth-order valence-corrected chi connectivity index (χ4v) is 3.67. The molecule has 0 aromatic carbocycles. The number of aliphatic hydroxyl groups is 10. The van der Waals surface area contributed by atoms with Crippen LogP contribution in [-0.4, -0.2) is 157 Å². The third-order valence-electron chi connectivity index (χ3n) is 5.68. The molecule has 0 aliphatic carbocycles. The van der Waals surface area contributed by atoms with Gasteiger partial charge in [-0.25, -0.2) is 0 Å². The molecule has 3 aliphatic heterocycles. The van der Waals surface area contributed by atoms with E-state index in [1.165, 1.54) is 0 Å². The molecule has 0 radical (unpaired) electrons. The molecule has 3 heterocycles. The maximum Gasteiger partial charge on any atom is 0.187 e. The summed E-state index contributed by atoms with van der Waals surface area (Å²) in [5.41, 5.74) is 0. The van der Waals surface area contributed by atoms with E-state index in [0.717, 1.165) is 0 Å². The van der Waals surface area contributed by atoms with Crippen molar-refractivity contribution in [1.82, 2.24) is 0 Å². The third-order valence-corrected chi connectivity index (χ3v) is 5.68. The van der Waals surface area contributed by atoms with Crippen LogP contribution in [0.25, 0.3) is 0 Å². The van der Waals surface area contributed by atoms with Crippen LogP contribution in [0, 0.1) is 0 Å². The molecule has 3 fully saturated rings. The van der Waals surface area contributed by atoms with Crippen molar-refractivity contribution in [3.63, 3.8) is 0 Å². The van der Waals surface area contributed by atoms with Gasteiger partial charge in [-0.3, -0.25) is 0 Å². The zero-order chi connectivity index (χ0) is 23.7. The predicted octanol–water partition coefficient (Wildman–Crippen LogP) is -6.93. The van der Waals surface area contributed by atoms with Gasteiger partial charge in [0, 0.05) is 0 Å². The third kappa shape index (κ3) is 5.22. The van der Waals surface area contributed by atoms with Gasteiger partial charge in [-0.2, -0.15) is 0 Å². The summed E-state index contributed by atoms with van der Waals surface area (Å²) in [6.45, 7) is -1.65. The van der Waals surface area contributed by atoms with Crippen LogP contribution in [0.5, 0.6) is 0 Å². The molecule has 3 rings (SSSR count). The first-order valence-electron chi connectivity index (χ1n) is 9.99. The van der Waals surface area contributed by atoms with Gasteiger partial charge in [0.2, 0.25) is 0 Å². The predicted molar refractivity (Wildman–Crippen MR) is 95.2 cm³/mol. The van der Waals surface area contributed by atoms with E-state index in [1.807, 2.05) is 0 Å². The molecule has 0 unspecified atom stereocenters. The lowest BCUT2D eigenvalue weighted by Gasteiger charge is -2.44. The summed E-state index contributed by atoms with van der Waals surface area (Å²) in [4.78, 5) is 0. The molecule has 0 spiro atoms. The van der Waals surface area contributed by atoms with Crippen LogP contribution in [0.15, 0.2) is 0 Å². The zero-order valence-corrected chi connectivity index (χ0v) is 16.7. The van der Waals surface area contributed by atoms with Crippen molar-refractivity contribution in [2.45, 2.75) is 86.0 Å². The highest BCUT2D eigenvalue weighted by Gasteiger charge is 2.49. The van der Waals surface area contributed by atoms with E-state index in [2.05, 4.69) is 0 Å². The highest BCUT2D eigenvalue weighted by molar-refractivity contribution is 4.93. The lowest BCUT2D eigenvalue weighted by atomic mass is 9.98. The smallest absolute Gasteiger partial charge is 0.187 e. The monoisotopic (exact) mass is 474 g/mol. The van der Waals surface area contributed by atoms with Gasteiger partial charge in [0.15, 0.2) is 18.9 Å². The van der Waals surface area contributed by atoms with Gasteiger partial charge < -0.3 is 74.7 Å². The Labute approximate surface area is 181 Å². The Morgan fingerprint density at radius 1 is 0.656 bits per heavy atom. The van der Waals surface area contributed by atoms with Crippen LogP contribution in [0.1, 0.15) is 0 Å². The van der Waals surface area contributed by atoms with Crippen LogP contribution in [-0.2, 0) is 23.7 Å². The van der Waals surface area contributed by atoms with Gasteiger partial charge >= 0.3 is 0 Å². The number of rotatable bonds is 6. The average molecular weight is 474 g/mol. The summed E-state index contributed by atoms with van der Waals surface area (Å²) in [5.74, 6) is 0. The van der Waals surface area contributed by atoms with E-state index in [4.69, 9.17) is 23.7 Å². The Balaban J connectivity index is 1.64. The molecule has 14 atom stereocenters. The maximum absolute atomic E-state index is 10.2. The molecule has 0 aromatic heterocycles. The lowest BCUT2D eigenvalue weighted by molar-refractivity contribution is -0.355.